The van der Waals surface area contributed by atoms with Gasteiger partial charge in [-0.15, -0.1) is 0 Å². The monoisotopic (exact) mass is 424 g/mol. The second-order valence-electron chi connectivity index (χ2n) is 7.66. The summed E-state index contributed by atoms with van der Waals surface area (Å²) in [7, 11) is -2.46. The predicted octanol–water partition coefficient (Wildman–Crippen LogP) is 2.08. The SMILES string of the molecule is COc1ccc(C(=O)O[C@@H](C)C(=O)NC2CC2)cc1S(=O)(=O)N1CCCC[C@H]1C. The molecule has 1 aliphatic heterocycles. The normalized spacial score (nSPS) is 21.3. The Hall–Kier alpha value is -2.13. The van der Waals surface area contributed by atoms with Crippen molar-refractivity contribution in [1.82, 2.24) is 9.62 Å². The summed E-state index contributed by atoms with van der Waals surface area (Å²) in [5, 5.41) is 2.77. The molecule has 2 fully saturated rings. The molecule has 1 saturated heterocycles. The lowest BCUT2D eigenvalue weighted by Crippen LogP contribution is -2.42. The molecule has 0 spiro atoms. The molecule has 160 valence electrons. The molecule has 29 heavy (non-hydrogen) atoms. The van der Waals surface area contributed by atoms with Crippen molar-refractivity contribution in [2.45, 2.75) is 69.0 Å². The van der Waals surface area contributed by atoms with Crippen LogP contribution >= 0.6 is 0 Å². The van der Waals surface area contributed by atoms with E-state index in [0.29, 0.717) is 6.54 Å². The highest BCUT2D eigenvalue weighted by atomic mass is 32.2. The molecule has 0 unspecified atom stereocenters. The Balaban J connectivity index is 1.82. The van der Waals surface area contributed by atoms with Crippen LogP contribution in [0.5, 0.6) is 5.75 Å². The first-order valence-corrected chi connectivity index (χ1v) is 11.4. The van der Waals surface area contributed by atoms with Crippen LogP contribution < -0.4 is 10.1 Å². The number of nitrogens with one attached hydrogen (secondary N) is 1. The third-order valence-electron chi connectivity index (χ3n) is 5.30. The molecule has 1 heterocycles. The van der Waals surface area contributed by atoms with Crippen molar-refractivity contribution in [3.05, 3.63) is 23.8 Å². The van der Waals surface area contributed by atoms with Crippen LogP contribution in [0.15, 0.2) is 23.1 Å². The minimum atomic E-state index is -3.84. The standard InChI is InChI=1S/C20H28N2O6S/c1-13-6-4-5-11-22(13)29(25,26)18-12-15(7-10-17(18)27-3)20(24)28-14(2)19(23)21-16-8-9-16/h7,10,12-14,16H,4-6,8-9,11H2,1-3H3,(H,21,23)/t13-,14+/m1/s1. The summed E-state index contributed by atoms with van der Waals surface area (Å²) >= 11 is 0. The third kappa shape index (κ3) is 4.90. The van der Waals surface area contributed by atoms with Gasteiger partial charge in [-0.05, 0) is 57.7 Å². The van der Waals surface area contributed by atoms with E-state index in [1.165, 1.54) is 36.5 Å². The van der Waals surface area contributed by atoms with Gasteiger partial charge in [-0.3, -0.25) is 4.79 Å². The van der Waals surface area contributed by atoms with Crippen molar-refractivity contribution in [3.8, 4) is 5.75 Å². The minimum absolute atomic E-state index is 0.0557. The highest BCUT2D eigenvalue weighted by Crippen LogP contribution is 2.32. The highest BCUT2D eigenvalue weighted by molar-refractivity contribution is 7.89. The number of esters is 1. The molecule has 0 bridgehead atoms. The zero-order valence-electron chi connectivity index (χ0n) is 17.0. The maximum atomic E-state index is 13.2. The number of carbonyl (C=O) groups is 2. The maximum absolute atomic E-state index is 13.2. The van der Waals surface area contributed by atoms with E-state index < -0.39 is 22.1 Å². The fourth-order valence-corrected chi connectivity index (χ4v) is 5.27. The Morgan fingerprint density at radius 3 is 2.55 bits per heavy atom. The van der Waals surface area contributed by atoms with E-state index in [2.05, 4.69) is 5.32 Å². The molecular weight excluding hydrogens is 396 g/mol. The minimum Gasteiger partial charge on any atom is -0.495 e. The molecule has 0 radical (unpaired) electrons. The second kappa shape index (κ2) is 8.71. The van der Waals surface area contributed by atoms with Crippen molar-refractivity contribution in [3.63, 3.8) is 0 Å². The van der Waals surface area contributed by atoms with Crippen molar-refractivity contribution in [2.75, 3.05) is 13.7 Å². The predicted molar refractivity (Wildman–Crippen MR) is 106 cm³/mol. The smallest absolute Gasteiger partial charge is 0.338 e. The van der Waals surface area contributed by atoms with Gasteiger partial charge < -0.3 is 14.8 Å². The molecule has 0 aromatic heterocycles. The van der Waals surface area contributed by atoms with Gasteiger partial charge in [0, 0.05) is 18.6 Å². The summed E-state index contributed by atoms with van der Waals surface area (Å²) < 4.78 is 38.4. The lowest BCUT2D eigenvalue weighted by Gasteiger charge is -2.32. The van der Waals surface area contributed by atoms with Gasteiger partial charge in [-0.25, -0.2) is 13.2 Å². The summed E-state index contributed by atoms with van der Waals surface area (Å²) in [6.45, 7) is 3.80. The van der Waals surface area contributed by atoms with E-state index in [9.17, 15) is 18.0 Å². The lowest BCUT2D eigenvalue weighted by molar-refractivity contribution is -0.129. The van der Waals surface area contributed by atoms with Gasteiger partial charge in [0.15, 0.2) is 6.10 Å². The number of benzene rings is 1. The Morgan fingerprint density at radius 2 is 1.93 bits per heavy atom. The summed E-state index contributed by atoms with van der Waals surface area (Å²) in [6.07, 6.45) is 3.46. The average molecular weight is 425 g/mol. The summed E-state index contributed by atoms with van der Waals surface area (Å²) in [4.78, 5) is 24.5. The number of methoxy groups -OCH3 is 1. The molecule has 1 aromatic carbocycles. The number of hydrogen-bond acceptors (Lipinski definition) is 6. The van der Waals surface area contributed by atoms with E-state index in [-0.39, 0.29) is 34.2 Å². The van der Waals surface area contributed by atoms with Crippen LogP contribution in [0.25, 0.3) is 0 Å². The molecule has 2 atom stereocenters. The number of amides is 1. The largest absolute Gasteiger partial charge is 0.495 e. The number of carbonyl (C=O) groups excluding carboxylic acids is 2. The second-order valence-corrected chi connectivity index (χ2v) is 9.52. The van der Waals surface area contributed by atoms with Crippen LogP contribution in [-0.4, -0.2) is 56.4 Å². The number of nitrogens with zero attached hydrogens (tertiary/aromatic N) is 1. The quantitative estimate of drug-likeness (QED) is 0.673. The summed E-state index contributed by atoms with van der Waals surface area (Å²) in [6, 6.07) is 4.18. The maximum Gasteiger partial charge on any atom is 0.338 e. The van der Waals surface area contributed by atoms with Crippen LogP contribution in [0, 0.1) is 0 Å². The zero-order valence-corrected chi connectivity index (χ0v) is 17.8. The van der Waals surface area contributed by atoms with Crippen molar-refractivity contribution in [1.29, 1.82) is 0 Å². The zero-order chi connectivity index (χ0) is 21.2. The molecule has 8 nitrogen and oxygen atoms in total. The van der Waals surface area contributed by atoms with Crippen LogP contribution in [0.4, 0.5) is 0 Å². The van der Waals surface area contributed by atoms with E-state index in [0.717, 1.165) is 32.1 Å². The molecule has 1 aliphatic carbocycles. The number of hydrogen-bond donors (Lipinski definition) is 1. The van der Waals surface area contributed by atoms with Gasteiger partial charge in [0.25, 0.3) is 5.91 Å². The van der Waals surface area contributed by atoms with Gasteiger partial charge in [-0.2, -0.15) is 4.31 Å². The first kappa shape index (κ1) is 21.6. The number of ether oxygens (including phenoxy) is 2. The van der Waals surface area contributed by atoms with Gasteiger partial charge in [0.1, 0.15) is 10.6 Å². The first-order valence-electron chi connectivity index (χ1n) is 9.95. The molecular formula is C20H28N2O6S. The molecule has 1 saturated carbocycles. The first-order chi connectivity index (χ1) is 13.7. The Bertz CT molecular complexity index is 881. The number of piperidine rings is 1. The fraction of sp³-hybridized carbons (Fsp3) is 0.600. The van der Waals surface area contributed by atoms with Crippen molar-refractivity contribution in [2.24, 2.45) is 0 Å². The van der Waals surface area contributed by atoms with Crippen molar-refractivity contribution >= 4 is 21.9 Å². The van der Waals surface area contributed by atoms with Gasteiger partial charge >= 0.3 is 5.97 Å². The molecule has 1 N–H and O–H groups in total. The third-order valence-corrected chi connectivity index (χ3v) is 7.34. The Morgan fingerprint density at radius 1 is 1.21 bits per heavy atom. The van der Waals surface area contributed by atoms with Crippen LogP contribution in [0.3, 0.4) is 0 Å². The van der Waals surface area contributed by atoms with Crippen molar-refractivity contribution < 1.29 is 27.5 Å². The molecule has 2 aliphatic rings. The number of rotatable bonds is 7. The van der Waals surface area contributed by atoms with Crippen LogP contribution in [-0.2, 0) is 19.6 Å². The highest BCUT2D eigenvalue weighted by Gasteiger charge is 2.34. The van der Waals surface area contributed by atoms with Gasteiger partial charge in [-0.1, -0.05) is 6.42 Å². The summed E-state index contributed by atoms with van der Waals surface area (Å²) in [5.74, 6) is -0.947. The topological polar surface area (TPSA) is 102 Å². The lowest BCUT2D eigenvalue weighted by atomic mass is 10.1. The van der Waals surface area contributed by atoms with E-state index in [1.807, 2.05) is 6.92 Å². The van der Waals surface area contributed by atoms with E-state index in [1.54, 1.807) is 0 Å². The van der Waals surface area contributed by atoms with Crippen LogP contribution in [0.2, 0.25) is 0 Å². The Kier molecular flexibility index (Phi) is 6.48. The molecule has 1 aromatic rings. The van der Waals surface area contributed by atoms with E-state index >= 15 is 0 Å². The van der Waals surface area contributed by atoms with Crippen LogP contribution in [0.1, 0.15) is 56.3 Å². The number of sulfonamides is 1. The fourth-order valence-electron chi connectivity index (χ4n) is 3.39. The molecule has 3 rings (SSSR count). The Labute approximate surface area is 171 Å². The van der Waals surface area contributed by atoms with Gasteiger partial charge in [0.2, 0.25) is 10.0 Å². The van der Waals surface area contributed by atoms with Gasteiger partial charge in [0.05, 0.1) is 12.7 Å². The molecule has 9 heteroatoms. The molecule has 1 amide bonds. The average Bonchev–Trinajstić information content (AvgIpc) is 3.51. The summed E-state index contributed by atoms with van der Waals surface area (Å²) in [5.41, 5.74) is 0.0557. The van der Waals surface area contributed by atoms with E-state index in [4.69, 9.17) is 9.47 Å².